The van der Waals surface area contributed by atoms with Gasteiger partial charge >= 0.3 is 6.09 Å². The first-order valence-corrected chi connectivity index (χ1v) is 6.74. The van der Waals surface area contributed by atoms with E-state index in [9.17, 15) is 9.59 Å². The summed E-state index contributed by atoms with van der Waals surface area (Å²) in [5, 5.41) is 8.92. The highest BCUT2D eigenvalue weighted by Gasteiger charge is 2.10. The summed E-state index contributed by atoms with van der Waals surface area (Å²) in [6, 6.07) is 13.2. The van der Waals surface area contributed by atoms with Gasteiger partial charge in [-0.25, -0.2) is 4.79 Å². The van der Waals surface area contributed by atoms with E-state index in [-0.39, 0.29) is 5.75 Å². The zero-order valence-corrected chi connectivity index (χ0v) is 12.6. The monoisotopic (exact) mass is 316 g/mol. The van der Waals surface area contributed by atoms with Crippen LogP contribution in [0.4, 0.5) is 10.5 Å². The lowest BCUT2D eigenvalue weighted by Crippen LogP contribution is -2.26. The van der Waals surface area contributed by atoms with Crippen LogP contribution >= 0.6 is 0 Å². The largest absolute Gasteiger partial charge is 0.465 e. The van der Waals surface area contributed by atoms with Gasteiger partial charge in [0.05, 0.1) is 5.69 Å². The minimum absolute atomic E-state index is 0.250. The Morgan fingerprint density at radius 2 is 1.87 bits per heavy atom. The van der Waals surface area contributed by atoms with Gasteiger partial charge in [-0.1, -0.05) is 28.8 Å². The Balaban J connectivity index is 1.92. The molecule has 0 aromatic heterocycles. The maximum absolute atomic E-state index is 11.8. The van der Waals surface area contributed by atoms with Crippen LogP contribution in [0.2, 0.25) is 0 Å². The van der Waals surface area contributed by atoms with Crippen molar-refractivity contribution in [2.45, 2.75) is 6.92 Å². The lowest BCUT2D eigenvalue weighted by Gasteiger charge is -2.13. The Morgan fingerprint density at radius 1 is 1.13 bits per heavy atom. The van der Waals surface area contributed by atoms with Crippen molar-refractivity contribution in [1.29, 1.82) is 0 Å². The molecule has 0 fully saturated rings. The number of hydrogen-bond acceptors (Lipinski definition) is 4. The van der Waals surface area contributed by atoms with Crippen molar-refractivity contribution in [3.05, 3.63) is 59.7 Å². The number of amides is 2. The number of carboxylic acid groups (broad SMARTS) is 1. The predicted molar refractivity (Wildman–Crippen MR) is 83.2 cm³/mol. The van der Waals surface area contributed by atoms with Crippen molar-refractivity contribution >= 4 is 17.7 Å². The lowest BCUT2D eigenvalue weighted by atomic mass is 10.1. The number of hydroxylamine groups is 1. The van der Waals surface area contributed by atoms with Crippen molar-refractivity contribution in [1.82, 2.24) is 5.48 Å². The Morgan fingerprint density at radius 3 is 2.57 bits per heavy atom. The number of carbonyl (C=O) groups is 2. The molecule has 0 aliphatic carbocycles. The fraction of sp³-hybridized carbons (Fsp3) is 0.125. The number of carbonyl (C=O) groups excluding carboxylic acids is 1. The molecule has 0 saturated heterocycles. The van der Waals surface area contributed by atoms with Crippen molar-refractivity contribution in [2.75, 3.05) is 11.9 Å². The number of nitrogens with zero attached hydrogens (tertiary/aromatic N) is 1. The van der Waals surface area contributed by atoms with Gasteiger partial charge < -0.3 is 9.99 Å². The summed E-state index contributed by atoms with van der Waals surface area (Å²) >= 11 is 0. The van der Waals surface area contributed by atoms with Crippen molar-refractivity contribution in [3.63, 3.8) is 0 Å². The first-order valence-electron chi connectivity index (χ1n) is 6.74. The van der Waals surface area contributed by atoms with Gasteiger partial charge in [-0.05, 0) is 31.2 Å². The molecule has 0 atom stereocenters. The van der Waals surface area contributed by atoms with Gasteiger partial charge in [-0.3, -0.25) is 9.69 Å². The van der Waals surface area contributed by atoms with E-state index in [1.54, 1.807) is 36.4 Å². The molecule has 2 amide bonds. The van der Waals surface area contributed by atoms with Gasteiger partial charge in [0.1, 0.15) is 0 Å². The Bertz CT molecular complexity index is 717. The van der Waals surface area contributed by atoms with Crippen LogP contribution < -0.4 is 15.3 Å². The summed E-state index contributed by atoms with van der Waals surface area (Å²) in [7, 11) is 1.40. The first kappa shape index (κ1) is 16.3. The second-order valence-electron chi connectivity index (χ2n) is 4.81. The van der Waals surface area contributed by atoms with E-state index in [4.69, 9.17) is 15.0 Å². The SMILES string of the molecule is Cc1cccc(C(=O)NOOc2cccc(N(C)C(=O)O)c2)c1. The van der Waals surface area contributed by atoms with E-state index < -0.39 is 12.0 Å². The zero-order valence-electron chi connectivity index (χ0n) is 12.6. The molecule has 0 aliphatic heterocycles. The average Bonchev–Trinajstić information content (AvgIpc) is 2.54. The van der Waals surface area contributed by atoms with E-state index in [0.717, 1.165) is 10.5 Å². The lowest BCUT2D eigenvalue weighted by molar-refractivity contribution is -0.243. The van der Waals surface area contributed by atoms with E-state index >= 15 is 0 Å². The highest BCUT2D eigenvalue weighted by atomic mass is 17.3. The number of rotatable bonds is 5. The van der Waals surface area contributed by atoms with Crippen LogP contribution in [0.15, 0.2) is 48.5 Å². The molecular formula is C16H16N2O5. The standard InChI is InChI=1S/C16H16N2O5/c1-11-5-3-6-12(9-11)15(19)17-23-22-14-8-4-7-13(10-14)18(2)16(20)21/h3-10H,1-2H3,(H,17,19)(H,20,21). The molecule has 0 aliphatic rings. The second-order valence-corrected chi connectivity index (χ2v) is 4.81. The topological polar surface area (TPSA) is 88.1 Å². The summed E-state index contributed by atoms with van der Waals surface area (Å²) in [4.78, 5) is 33.4. The normalized spacial score (nSPS) is 10.0. The molecule has 0 heterocycles. The fourth-order valence-corrected chi connectivity index (χ4v) is 1.81. The smallest absolute Gasteiger partial charge is 0.411 e. The van der Waals surface area contributed by atoms with Gasteiger partial charge in [-0.15, -0.1) is 0 Å². The third kappa shape index (κ3) is 4.45. The minimum Gasteiger partial charge on any atom is -0.465 e. The van der Waals surface area contributed by atoms with Crippen LogP contribution in [-0.4, -0.2) is 24.2 Å². The second kappa shape index (κ2) is 7.28. The van der Waals surface area contributed by atoms with Crippen LogP contribution in [0.1, 0.15) is 15.9 Å². The van der Waals surface area contributed by atoms with Crippen LogP contribution in [-0.2, 0) is 4.99 Å². The van der Waals surface area contributed by atoms with Gasteiger partial charge in [-0.2, -0.15) is 5.48 Å². The summed E-state index contributed by atoms with van der Waals surface area (Å²) in [6.07, 6.45) is -1.10. The average molecular weight is 316 g/mol. The van der Waals surface area contributed by atoms with Crippen LogP contribution in [0.5, 0.6) is 5.75 Å². The molecule has 23 heavy (non-hydrogen) atoms. The van der Waals surface area contributed by atoms with Crippen LogP contribution in [0.25, 0.3) is 0 Å². The minimum atomic E-state index is -1.10. The van der Waals surface area contributed by atoms with Gasteiger partial charge in [0.15, 0.2) is 5.75 Å². The Kier molecular flexibility index (Phi) is 5.16. The Labute approximate surface area is 132 Å². The maximum atomic E-state index is 11.8. The van der Waals surface area contributed by atoms with Crippen molar-refractivity contribution in [2.24, 2.45) is 0 Å². The summed E-state index contributed by atoms with van der Waals surface area (Å²) in [5.74, 6) is -0.201. The third-order valence-electron chi connectivity index (χ3n) is 3.04. The molecule has 2 N–H and O–H groups in total. The molecule has 2 aromatic rings. The number of benzene rings is 2. The van der Waals surface area contributed by atoms with E-state index in [2.05, 4.69) is 5.48 Å². The number of nitrogens with one attached hydrogen (secondary N) is 1. The molecule has 120 valence electrons. The van der Waals surface area contributed by atoms with Gasteiger partial charge in [0, 0.05) is 18.7 Å². The van der Waals surface area contributed by atoms with Crippen LogP contribution in [0.3, 0.4) is 0 Å². The molecular weight excluding hydrogens is 300 g/mol. The van der Waals surface area contributed by atoms with Gasteiger partial charge in [0.2, 0.25) is 0 Å². The van der Waals surface area contributed by atoms with E-state index in [0.29, 0.717) is 11.3 Å². The van der Waals surface area contributed by atoms with Crippen molar-refractivity contribution < 1.29 is 24.6 Å². The third-order valence-corrected chi connectivity index (χ3v) is 3.04. The summed E-state index contributed by atoms with van der Waals surface area (Å²) < 4.78 is 0. The molecule has 0 bridgehead atoms. The molecule has 0 radical (unpaired) electrons. The maximum Gasteiger partial charge on any atom is 0.411 e. The van der Waals surface area contributed by atoms with E-state index in [1.807, 2.05) is 13.0 Å². The molecule has 0 unspecified atom stereocenters. The van der Waals surface area contributed by atoms with E-state index in [1.165, 1.54) is 13.1 Å². The summed E-state index contributed by atoms with van der Waals surface area (Å²) in [5.41, 5.74) is 3.95. The summed E-state index contributed by atoms with van der Waals surface area (Å²) in [6.45, 7) is 1.87. The van der Waals surface area contributed by atoms with Gasteiger partial charge in [0.25, 0.3) is 5.91 Å². The molecule has 2 rings (SSSR count). The number of anilines is 1. The quantitative estimate of drug-likeness (QED) is 0.654. The molecule has 2 aromatic carbocycles. The van der Waals surface area contributed by atoms with Crippen LogP contribution in [0, 0.1) is 6.92 Å². The Hall–Kier alpha value is -3.06. The highest BCUT2D eigenvalue weighted by molar-refractivity contribution is 5.93. The molecule has 0 spiro atoms. The number of hydrogen-bond donors (Lipinski definition) is 2. The highest BCUT2D eigenvalue weighted by Crippen LogP contribution is 2.20. The first-order chi connectivity index (χ1) is 11.0. The van der Waals surface area contributed by atoms with Crippen molar-refractivity contribution in [3.8, 4) is 5.75 Å². The molecule has 0 saturated carbocycles. The predicted octanol–water partition coefficient (Wildman–Crippen LogP) is 2.76. The molecule has 7 nitrogen and oxygen atoms in total. The number of aryl methyl sites for hydroxylation is 1. The zero-order chi connectivity index (χ0) is 16.8. The fourth-order valence-electron chi connectivity index (χ4n) is 1.81. The molecule has 7 heteroatoms.